The van der Waals surface area contributed by atoms with E-state index in [1.807, 2.05) is 43.3 Å². The van der Waals surface area contributed by atoms with E-state index in [0.29, 0.717) is 16.5 Å². The van der Waals surface area contributed by atoms with Crippen LogP contribution in [0.1, 0.15) is 42.9 Å². The Hall–Kier alpha value is -1.36. The third-order valence-electron chi connectivity index (χ3n) is 4.65. The Morgan fingerprint density at radius 2 is 1.71 bits per heavy atom. The van der Waals surface area contributed by atoms with Crippen LogP contribution in [0.3, 0.4) is 0 Å². The summed E-state index contributed by atoms with van der Waals surface area (Å²) in [6, 6.07) is 14.6. The van der Waals surface area contributed by atoms with Crippen LogP contribution in [0.25, 0.3) is 0 Å². The molecule has 5 heteroatoms. The van der Waals surface area contributed by atoms with Gasteiger partial charge in [-0.05, 0) is 43.0 Å². The molecule has 0 saturated carbocycles. The van der Waals surface area contributed by atoms with Crippen LogP contribution < -0.4 is 0 Å². The molecule has 1 aliphatic rings. The highest BCUT2D eigenvalue weighted by molar-refractivity contribution is 7.89. The lowest BCUT2D eigenvalue weighted by Gasteiger charge is -2.30. The lowest BCUT2D eigenvalue weighted by Crippen LogP contribution is -2.35. The molecule has 2 aromatic carbocycles. The standard InChI is InChI=1S/C19H22ClNO2S/c1-15-9-4-7-13-19(15)24(22,23)21-14-8-2-3-12-18(21)16-10-5-6-11-17(16)20/h4-7,9-11,13,18H,2-3,8,12,14H2,1H3/t18-/m0/s1. The first-order chi connectivity index (χ1) is 11.5. The maximum absolute atomic E-state index is 13.3. The minimum Gasteiger partial charge on any atom is -0.207 e. The fourth-order valence-electron chi connectivity index (χ4n) is 3.40. The van der Waals surface area contributed by atoms with Crippen molar-refractivity contribution in [3.05, 3.63) is 64.7 Å². The number of aryl methyl sites for hydroxylation is 1. The Labute approximate surface area is 149 Å². The molecule has 1 saturated heterocycles. The van der Waals surface area contributed by atoms with Crippen LogP contribution in [-0.4, -0.2) is 19.3 Å². The monoisotopic (exact) mass is 363 g/mol. The van der Waals surface area contributed by atoms with E-state index in [1.54, 1.807) is 16.4 Å². The van der Waals surface area contributed by atoms with E-state index in [4.69, 9.17) is 11.6 Å². The van der Waals surface area contributed by atoms with E-state index >= 15 is 0 Å². The second-order valence-electron chi connectivity index (χ2n) is 6.27. The molecule has 0 unspecified atom stereocenters. The van der Waals surface area contributed by atoms with Gasteiger partial charge in [0.15, 0.2) is 0 Å². The van der Waals surface area contributed by atoms with E-state index in [0.717, 1.165) is 36.8 Å². The van der Waals surface area contributed by atoms with Crippen LogP contribution in [0.15, 0.2) is 53.4 Å². The normalized spacial score (nSPS) is 19.8. The molecule has 0 N–H and O–H groups in total. The van der Waals surface area contributed by atoms with Crippen molar-refractivity contribution >= 4 is 21.6 Å². The van der Waals surface area contributed by atoms with Gasteiger partial charge in [0.05, 0.1) is 10.9 Å². The number of nitrogens with zero attached hydrogens (tertiary/aromatic N) is 1. The van der Waals surface area contributed by atoms with Gasteiger partial charge in [-0.3, -0.25) is 0 Å². The van der Waals surface area contributed by atoms with Gasteiger partial charge in [0.1, 0.15) is 0 Å². The van der Waals surface area contributed by atoms with Gasteiger partial charge < -0.3 is 0 Å². The van der Waals surface area contributed by atoms with Gasteiger partial charge in [-0.2, -0.15) is 4.31 Å². The van der Waals surface area contributed by atoms with Crippen LogP contribution in [0, 0.1) is 6.92 Å². The second kappa shape index (κ2) is 7.26. The molecule has 1 aliphatic heterocycles. The summed E-state index contributed by atoms with van der Waals surface area (Å²) >= 11 is 6.38. The summed E-state index contributed by atoms with van der Waals surface area (Å²) in [6.45, 7) is 2.38. The van der Waals surface area contributed by atoms with Gasteiger partial charge in [-0.25, -0.2) is 8.42 Å². The zero-order valence-corrected chi connectivity index (χ0v) is 15.4. The zero-order chi connectivity index (χ0) is 17.2. The highest BCUT2D eigenvalue weighted by Gasteiger charge is 2.34. The van der Waals surface area contributed by atoms with Crippen LogP contribution in [0.5, 0.6) is 0 Å². The first-order valence-corrected chi connectivity index (χ1v) is 10.2. The number of hydrogen-bond donors (Lipinski definition) is 0. The largest absolute Gasteiger partial charge is 0.243 e. The third kappa shape index (κ3) is 3.37. The highest BCUT2D eigenvalue weighted by Crippen LogP contribution is 2.37. The van der Waals surface area contributed by atoms with Crippen LogP contribution in [0.2, 0.25) is 5.02 Å². The average Bonchev–Trinajstić information content (AvgIpc) is 2.82. The van der Waals surface area contributed by atoms with Crippen molar-refractivity contribution in [1.29, 1.82) is 0 Å². The predicted molar refractivity (Wildman–Crippen MR) is 97.7 cm³/mol. The molecule has 0 aromatic heterocycles. The molecule has 2 aromatic rings. The molecule has 3 nitrogen and oxygen atoms in total. The average molecular weight is 364 g/mol. The topological polar surface area (TPSA) is 37.4 Å². The molecule has 3 rings (SSSR count). The van der Waals surface area contributed by atoms with Crippen LogP contribution in [0.4, 0.5) is 0 Å². The second-order valence-corrected chi connectivity index (χ2v) is 8.53. The summed E-state index contributed by atoms with van der Waals surface area (Å²) in [5.74, 6) is 0. The third-order valence-corrected chi connectivity index (χ3v) is 7.06. The van der Waals surface area contributed by atoms with Gasteiger partial charge in [0.2, 0.25) is 10.0 Å². The SMILES string of the molecule is Cc1ccccc1S(=O)(=O)N1CCCCC[C@H]1c1ccccc1Cl. The molecule has 0 radical (unpaired) electrons. The number of rotatable bonds is 3. The summed E-state index contributed by atoms with van der Waals surface area (Å²) in [7, 11) is -3.56. The molecule has 1 fully saturated rings. The Morgan fingerprint density at radius 3 is 2.46 bits per heavy atom. The van der Waals surface area contributed by atoms with E-state index in [2.05, 4.69) is 0 Å². The number of sulfonamides is 1. The van der Waals surface area contributed by atoms with Gasteiger partial charge >= 0.3 is 0 Å². The molecule has 1 heterocycles. The Bertz CT molecular complexity index is 820. The fourth-order valence-corrected chi connectivity index (χ4v) is 5.56. The molecule has 0 spiro atoms. The minimum absolute atomic E-state index is 0.203. The molecular weight excluding hydrogens is 342 g/mol. The summed E-state index contributed by atoms with van der Waals surface area (Å²) < 4.78 is 28.3. The van der Waals surface area contributed by atoms with Crippen molar-refractivity contribution in [2.45, 2.75) is 43.5 Å². The molecule has 128 valence electrons. The maximum atomic E-state index is 13.3. The van der Waals surface area contributed by atoms with E-state index < -0.39 is 10.0 Å². The summed E-state index contributed by atoms with van der Waals surface area (Å²) in [4.78, 5) is 0.393. The number of halogens is 1. The predicted octanol–water partition coefficient (Wildman–Crippen LogP) is 4.95. The van der Waals surface area contributed by atoms with Crippen molar-refractivity contribution in [3.63, 3.8) is 0 Å². The van der Waals surface area contributed by atoms with Crippen molar-refractivity contribution in [3.8, 4) is 0 Å². The first-order valence-electron chi connectivity index (χ1n) is 8.34. The van der Waals surface area contributed by atoms with Crippen LogP contribution >= 0.6 is 11.6 Å². The van der Waals surface area contributed by atoms with Crippen molar-refractivity contribution in [2.75, 3.05) is 6.54 Å². The molecular formula is C19H22ClNO2S. The number of benzene rings is 2. The van der Waals surface area contributed by atoms with E-state index in [1.165, 1.54) is 0 Å². The molecule has 0 bridgehead atoms. The minimum atomic E-state index is -3.56. The Balaban J connectivity index is 2.08. The van der Waals surface area contributed by atoms with Gasteiger partial charge in [-0.1, -0.05) is 60.8 Å². The lowest BCUT2D eigenvalue weighted by molar-refractivity contribution is 0.329. The highest BCUT2D eigenvalue weighted by atomic mass is 35.5. The number of hydrogen-bond acceptors (Lipinski definition) is 2. The lowest BCUT2D eigenvalue weighted by atomic mass is 10.0. The quantitative estimate of drug-likeness (QED) is 0.773. The smallest absolute Gasteiger partial charge is 0.207 e. The first kappa shape index (κ1) is 17.5. The Morgan fingerprint density at radius 1 is 1.00 bits per heavy atom. The summed E-state index contributed by atoms with van der Waals surface area (Å²) in [5.41, 5.74) is 1.68. The van der Waals surface area contributed by atoms with Gasteiger partial charge in [-0.15, -0.1) is 0 Å². The van der Waals surface area contributed by atoms with Gasteiger partial charge in [0, 0.05) is 11.6 Å². The molecule has 24 heavy (non-hydrogen) atoms. The summed E-state index contributed by atoms with van der Waals surface area (Å²) in [6.07, 6.45) is 3.73. The van der Waals surface area contributed by atoms with Crippen molar-refractivity contribution < 1.29 is 8.42 Å². The van der Waals surface area contributed by atoms with Gasteiger partial charge in [0.25, 0.3) is 0 Å². The van der Waals surface area contributed by atoms with E-state index in [-0.39, 0.29) is 6.04 Å². The molecule has 0 aliphatic carbocycles. The van der Waals surface area contributed by atoms with Crippen molar-refractivity contribution in [1.82, 2.24) is 4.31 Å². The van der Waals surface area contributed by atoms with Crippen LogP contribution in [-0.2, 0) is 10.0 Å². The van der Waals surface area contributed by atoms with Crippen molar-refractivity contribution in [2.24, 2.45) is 0 Å². The molecule has 0 amide bonds. The zero-order valence-electron chi connectivity index (χ0n) is 13.8. The summed E-state index contributed by atoms with van der Waals surface area (Å²) in [5, 5.41) is 0.634. The van der Waals surface area contributed by atoms with E-state index in [9.17, 15) is 8.42 Å². The maximum Gasteiger partial charge on any atom is 0.243 e. The molecule has 1 atom stereocenters. The fraction of sp³-hybridized carbons (Fsp3) is 0.368. The Kier molecular flexibility index (Phi) is 5.28.